The lowest BCUT2D eigenvalue weighted by Crippen LogP contribution is -2.54. The molecule has 2 fully saturated rings. The van der Waals surface area contributed by atoms with Gasteiger partial charge in [0.1, 0.15) is 6.29 Å². The minimum absolute atomic E-state index is 0.00717. The maximum absolute atomic E-state index is 11.3. The Morgan fingerprint density at radius 3 is 2.63 bits per heavy atom. The predicted molar refractivity (Wildman–Crippen MR) is 115 cm³/mol. The van der Waals surface area contributed by atoms with Crippen LogP contribution in [0.1, 0.15) is 45.6 Å². The first-order chi connectivity index (χ1) is 13.0. The molecule has 0 aromatic heterocycles. The minimum Gasteiger partial charge on any atom is -0.376 e. The van der Waals surface area contributed by atoms with Gasteiger partial charge in [-0.15, -0.1) is 23.5 Å². The lowest BCUT2D eigenvalue weighted by atomic mass is 9.79. The third-order valence-electron chi connectivity index (χ3n) is 5.83. The van der Waals surface area contributed by atoms with Crippen LogP contribution in [0.5, 0.6) is 0 Å². The molecule has 1 aromatic rings. The number of hydrogen-bond acceptors (Lipinski definition) is 5. The van der Waals surface area contributed by atoms with E-state index in [1.165, 1.54) is 23.5 Å². The number of benzene rings is 1. The number of aldehydes is 1. The number of rotatable bonds is 7. The molecule has 0 aliphatic carbocycles. The van der Waals surface area contributed by atoms with Gasteiger partial charge in [0.25, 0.3) is 0 Å². The van der Waals surface area contributed by atoms with Gasteiger partial charge in [-0.3, -0.25) is 0 Å². The van der Waals surface area contributed by atoms with Gasteiger partial charge in [0.05, 0.1) is 29.5 Å². The van der Waals surface area contributed by atoms with Crippen molar-refractivity contribution in [1.29, 1.82) is 0 Å². The van der Waals surface area contributed by atoms with Crippen molar-refractivity contribution in [2.45, 2.75) is 62.9 Å². The molecule has 0 bridgehead atoms. The van der Waals surface area contributed by atoms with Crippen LogP contribution < -0.4 is 0 Å². The first-order valence-electron chi connectivity index (χ1n) is 9.95. The summed E-state index contributed by atoms with van der Waals surface area (Å²) in [6.45, 7) is 8.03. The summed E-state index contributed by atoms with van der Waals surface area (Å²) in [7, 11) is 0. The summed E-state index contributed by atoms with van der Waals surface area (Å²) in [5.74, 6) is 2.81. The van der Waals surface area contributed by atoms with Crippen LogP contribution in [-0.2, 0) is 20.9 Å². The second kappa shape index (κ2) is 9.34. The quantitative estimate of drug-likeness (QED) is 0.581. The van der Waals surface area contributed by atoms with Crippen molar-refractivity contribution < 1.29 is 14.3 Å². The van der Waals surface area contributed by atoms with Gasteiger partial charge in [0.2, 0.25) is 0 Å². The molecule has 0 unspecified atom stereocenters. The van der Waals surface area contributed by atoms with Crippen LogP contribution in [-0.4, -0.2) is 40.7 Å². The zero-order valence-corrected chi connectivity index (χ0v) is 18.3. The molecule has 0 saturated carbocycles. The highest BCUT2D eigenvalue weighted by atomic mass is 32.2. The number of hydrogen-bond donors (Lipinski definition) is 0. The number of carbonyl (C=O) groups is 1. The lowest BCUT2D eigenvalue weighted by Gasteiger charge is -2.53. The van der Waals surface area contributed by atoms with Gasteiger partial charge in [-0.1, -0.05) is 51.1 Å². The maximum atomic E-state index is 11.3. The van der Waals surface area contributed by atoms with Gasteiger partial charge in [-0.25, -0.2) is 0 Å². The van der Waals surface area contributed by atoms with E-state index >= 15 is 0 Å². The van der Waals surface area contributed by atoms with Gasteiger partial charge < -0.3 is 14.3 Å². The van der Waals surface area contributed by atoms with E-state index in [-0.39, 0.29) is 21.7 Å². The Labute approximate surface area is 172 Å². The molecule has 2 saturated heterocycles. The summed E-state index contributed by atoms with van der Waals surface area (Å²) in [6, 6.07) is 10.3. The van der Waals surface area contributed by atoms with Crippen LogP contribution in [0.4, 0.5) is 0 Å². The SMILES string of the molecule is C[C@H]1[C@H](CC=O)O[C@H](C(C)(C)COCc2ccccc2)CC12SCCCS2. The lowest BCUT2D eigenvalue weighted by molar-refractivity contribution is -0.149. The summed E-state index contributed by atoms with van der Waals surface area (Å²) in [4.78, 5) is 11.3. The van der Waals surface area contributed by atoms with Gasteiger partial charge in [-0.2, -0.15) is 0 Å². The standard InChI is InChI=1S/C22H32O3S2/c1-17-19(10-11-23)25-20(14-22(17)26-12-7-13-27-22)21(2,3)16-24-15-18-8-5-4-6-9-18/h4-6,8-9,11,17,19-20H,7,10,12-16H2,1-3H3/t17-,19-,20-/m0/s1. The molecule has 1 spiro atoms. The van der Waals surface area contributed by atoms with Crippen LogP contribution in [0.2, 0.25) is 0 Å². The first kappa shape index (κ1) is 21.2. The fourth-order valence-corrected chi connectivity index (χ4v) is 7.64. The highest BCUT2D eigenvalue weighted by Gasteiger charge is 2.52. The van der Waals surface area contributed by atoms with E-state index in [2.05, 4.69) is 56.4 Å². The van der Waals surface area contributed by atoms with Crippen molar-refractivity contribution in [2.24, 2.45) is 11.3 Å². The van der Waals surface area contributed by atoms with Gasteiger partial charge in [0, 0.05) is 17.8 Å². The molecule has 0 N–H and O–H groups in total. The Kier molecular flexibility index (Phi) is 7.34. The van der Waals surface area contributed by atoms with Gasteiger partial charge >= 0.3 is 0 Å². The van der Waals surface area contributed by atoms with Gasteiger partial charge in [-0.05, 0) is 29.9 Å². The molecule has 3 nitrogen and oxygen atoms in total. The van der Waals surface area contributed by atoms with Crippen molar-refractivity contribution >= 4 is 29.8 Å². The fourth-order valence-electron chi connectivity index (χ4n) is 3.99. The smallest absolute Gasteiger partial charge is 0.122 e. The molecule has 2 aliphatic heterocycles. The Balaban J connectivity index is 1.67. The van der Waals surface area contributed by atoms with Crippen molar-refractivity contribution in [3.63, 3.8) is 0 Å². The Morgan fingerprint density at radius 2 is 1.96 bits per heavy atom. The normalized spacial score (nSPS) is 28.2. The summed E-state index contributed by atoms with van der Waals surface area (Å²) >= 11 is 4.18. The zero-order valence-electron chi connectivity index (χ0n) is 16.7. The second-order valence-corrected chi connectivity index (χ2v) is 11.5. The zero-order chi connectivity index (χ0) is 19.3. The van der Waals surface area contributed by atoms with Crippen LogP contribution >= 0.6 is 23.5 Å². The maximum Gasteiger partial charge on any atom is 0.122 e. The summed E-state index contributed by atoms with van der Waals surface area (Å²) in [5.41, 5.74) is 1.10. The van der Waals surface area contributed by atoms with Crippen molar-refractivity contribution in [2.75, 3.05) is 18.1 Å². The summed E-state index contributed by atoms with van der Waals surface area (Å²) < 4.78 is 12.7. The van der Waals surface area contributed by atoms with E-state index in [1.807, 2.05) is 18.2 Å². The highest BCUT2D eigenvalue weighted by molar-refractivity contribution is 8.18. The van der Waals surface area contributed by atoms with Crippen LogP contribution in [0.25, 0.3) is 0 Å². The first-order valence-corrected chi connectivity index (χ1v) is 11.9. The van der Waals surface area contributed by atoms with Crippen molar-refractivity contribution in [1.82, 2.24) is 0 Å². The Bertz CT molecular complexity index is 599. The van der Waals surface area contributed by atoms with Crippen molar-refractivity contribution in [3.05, 3.63) is 35.9 Å². The van der Waals surface area contributed by atoms with E-state index in [1.54, 1.807) is 0 Å². The van der Waals surface area contributed by atoms with E-state index in [9.17, 15) is 4.79 Å². The monoisotopic (exact) mass is 408 g/mol. The van der Waals surface area contributed by atoms with E-state index in [0.717, 1.165) is 12.7 Å². The molecule has 2 heterocycles. The third kappa shape index (κ3) is 5.11. The van der Waals surface area contributed by atoms with Gasteiger partial charge in [0.15, 0.2) is 0 Å². The van der Waals surface area contributed by atoms with Crippen LogP contribution in [0, 0.1) is 11.3 Å². The molecule has 3 rings (SSSR count). The van der Waals surface area contributed by atoms with Crippen molar-refractivity contribution in [3.8, 4) is 0 Å². The molecule has 5 heteroatoms. The van der Waals surface area contributed by atoms with Crippen LogP contribution in [0.15, 0.2) is 30.3 Å². The molecule has 0 radical (unpaired) electrons. The molecule has 150 valence electrons. The Morgan fingerprint density at radius 1 is 1.26 bits per heavy atom. The van der Waals surface area contributed by atoms with E-state index in [0.29, 0.717) is 25.6 Å². The molecule has 1 aromatic carbocycles. The van der Waals surface area contributed by atoms with Crippen LogP contribution in [0.3, 0.4) is 0 Å². The number of thioether (sulfide) groups is 2. The van der Waals surface area contributed by atoms with E-state index in [4.69, 9.17) is 9.47 Å². The molecule has 27 heavy (non-hydrogen) atoms. The largest absolute Gasteiger partial charge is 0.376 e. The predicted octanol–water partition coefficient (Wildman–Crippen LogP) is 5.18. The average Bonchev–Trinajstić information content (AvgIpc) is 2.67. The topological polar surface area (TPSA) is 35.5 Å². The third-order valence-corrected chi connectivity index (χ3v) is 9.57. The summed E-state index contributed by atoms with van der Waals surface area (Å²) in [6.07, 6.45) is 3.92. The average molecular weight is 409 g/mol. The second-order valence-electron chi connectivity index (χ2n) is 8.39. The molecular weight excluding hydrogens is 376 g/mol. The highest BCUT2D eigenvalue weighted by Crippen LogP contribution is 2.56. The minimum atomic E-state index is -0.0956. The fraction of sp³-hybridized carbons (Fsp3) is 0.682. The number of ether oxygens (including phenoxy) is 2. The Hall–Kier alpha value is -0.490. The molecule has 3 atom stereocenters. The van der Waals surface area contributed by atoms with E-state index < -0.39 is 0 Å². The molecule has 2 aliphatic rings. The molecule has 0 amide bonds. The molecular formula is C22H32O3S2. The summed E-state index contributed by atoms with van der Waals surface area (Å²) in [5, 5.41) is 0. The number of carbonyl (C=O) groups excluding carboxylic acids is 1.